The molecule has 1 rings (SSSR count). The molecule has 0 radical (unpaired) electrons. The van der Waals surface area contributed by atoms with Gasteiger partial charge in [-0.15, -0.1) is 0 Å². The summed E-state index contributed by atoms with van der Waals surface area (Å²) in [6, 6.07) is 0. The Morgan fingerprint density at radius 2 is 1.78 bits per heavy atom. The van der Waals surface area contributed by atoms with Crippen LogP contribution in [0.2, 0.25) is 0 Å². The van der Waals surface area contributed by atoms with Crippen molar-refractivity contribution in [2.75, 3.05) is 0 Å². The lowest BCUT2D eigenvalue weighted by Crippen LogP contribution is -2.21. The average Bonchev–Trinajstić information content (AvgIpc) is 2.43. The molecule has 0 aromatic carbocycles. The summed E-state index contributed by atoms with van der Waals surface area (Å²) < 4.78 is 0. The van der Waals surface area contributed by atoms with Crippen LogP contribution in [0.4, 0.5) is 0 Å². The van der Waals surface area contributed by atoms with E-state index in [2.05, 4.69) is 30.7 Å². The Bertz CT molecular complexity index is 337. The maximum absolute atomic E-state index is 8.96. The predicted molar refractivity (Wildman–Crippen MR) is 74.4 cm³/mol. The standard InChI is InChI=1S/C15H26N2O/c1-4-6-7-8-9-15(3,5-2)13-10-16-14(12-18)17-11-13/h10-11,18H,4-9,12H2,1-3H3. The van der Waals surface area contributed by atoms with Gasteiger partial charge in [0.2, 0.25) is 0 Å². The Labute approximate surface area is 111 Å². The normalized spacial score (nSPS) is 14.4. The van der Waals surface area contributed by atoms with Gasteiger partial charge in [0.15, 0.2) is 5.82 Å². The Morgan fingerprint density at radius 1 is 1.11 bits per heavy atom. The van der Waals surface area contributed by atoms with Gasteiger partial charge >= 0.3 is 0 Å². The molecule has 3 heteroatoms. The molecule has 1 N–H and O–H groups in total. The van der Waals surface area contributed by atoms with Gasteiger partial charge in [-0.3, -0.25) is 0 Å². The van der Waals surface area contributed by atoms with Gasteiger partial charge in [0.1, 0.15) is 6.61 Å². The number of hydrogen-bond acceptors (Lipinski definition) is 3. The minimum Gasteiger partial charge on any atom is -0.388 e. The topological polar surface area (TPSA) is 46.0 Å². The van der Waals surface area contributed by atoms with Gasteiger partial charge in [-0.2, -0.15) is 0 Å². The van der Waals surface area contributed by atoms with Crippen LogP contribution in [0.5, 0.6) is 0 Å². The van der Waals surface area contributed by atoms with E-state index in [4.69, 9.17) is 5.11 Å². The number of nitrogens with zero attached hydrogens (tertiary/aromatic N) is 2. The number of hydrogen-bond donors (Lipinski definition) is 1. The molecule has 1 unspecified atom stereocenters. The van der Waals surface area contributed by atoms with Gasteiger partial charge in [0, 0.05) is 12.4 Å². The molecule has 1 heterocycles. The van der Waals surface area contributed by atoms with Crippen LogP contribution in [-0.2, 0) is 12.0 Å². The molecule has 0 bridgehead atoms. The monoisotopic (exact) mass is 250 g/mol. The minimum absolute atomic E-state index is 0.0837. The van der Waals surface area contributed by atoms with Crippen LogP contribution in [0, 0.1) is 0 Å². The lowest BCUT2D eigenvalue weighted by molar-refractivity contribution is 0.270. The van der Waals surface area contributed by atoms with Crippen LogP contribution < -0.4 is 0 Å². The van der Waals surface area contributed by atoms with E-state index < -0.39 is 0 Å². The largest absolute Gasteiger partial charge is 0.388 e. The molecule has 0 aliphatic carbocycles. The summed E-state index contributed by atoms with van der Waals surface area (Å²) in [5.41, 5.74) is 1.36. The molecule has 0 aliphatic rings. The minimum atomic E-state index is -0.0837. The van der Waals surface area contributed by atoms with Crippen LogP contribution in [0.25, 0.3) is 0 Å². The highest BCUT2D eigenvalue weighted by Crippen LogP contribution is 2.32. The zero-order chi connectivity index (χ0) is 13.4. The average molecular weight is 250 g/mol. The summed E-state index contributed by atoms with van der Waals surface area (Å²) in [7, 11) is 0. The summed E-state index contributed by atoms with van der Waals surface area (Å²) in [4.78, 5) is 8.39. The number of unbranched alkanes of at least 4 members (excludes halogenated alkanes) is 3. The highest BCUT2D eigenvalue weighted by molar-refractivity contribution is 5.18. The zero-order valence-electron chi connectivity index (χ0n) is 11.9. The third kappa shape index (κ3) is 4.05. The molecule has 0 fully saturated rings. The Morgan fingerprint density at radius 3 is 2.28 bits per heavy atom. The molecule has 102 valence electrons. The molecule has 0 amide bonds. The maximum atomic E-state index is 8.96. The van der Waals surface area contributed by atoms with Crippen LogP contribution in [0.3, 0.4) is 0 Å². The van der Waals surface area contributed by atoms with Crippen molar-refractivity contribution in [1.82, 2.24) is 9.97 Å². The van der Waals surface area contributed by atoms with Crippen molar-refractivity contribution in [2.24, 2.45) is 0 Å². The first-order valence-corrected chi connectivity index (χ1v) is 7.08. The smallest absolute Gasteiger partial charge is 0.153 e. The first kappa shape index (κ1) is 15.1. The second-order valence-electron chi connectivity index (χ2n) is 5.27. The van der Waals surface area contributed by atoms with Crippen molar-refractivity contribution in [3.63, 3.8) is 0 Å². The molecule has 0 saturated heterocycles. The van der Waals surface area contributed by atoms with Gasteiger partial charge in [0.05, 0.1) is 0 Å². The van der Waals surface area contributed by atoms with E-state index in [9.17, 15) is 0 Å². The van der Waals surface area contributed by atoms with E-state index in [1.54, 1.807) is 0 Å². The van der Waals surface area contributed by atoms with Crippen LogP contribution in [0.1, 0.15) is 70.7 Å². The molecule has 0 saturated carbocycles. The molecule has 0 spiro atoms. The number of rotatable bonds is 8. The second kappa shape index (κ2) is 7.47. The SMILES string of the molecule is CCCCCCC(C)(CC)c1cnc(CO)nc1. The summed E-state index contributed by atoms with van der Waals surface area (Å²) in [5.74, 6) is 0.503. The van der Waals surface area contributed by atoms with E-state index in [-0.39, 0.29) is 12.0 Å². The van der Waals surface area contributed by atoms with Crippen molar-refractivity contribution < 1.29 is 5.11 Å². The lowest BCUT2D eigenvalue weighted by Gasteiger charge is -2.28. The summed E-state index contributed by atoms with van der Waals surface area (Å²) in [5, 5.41) is 8.96. The molecule has 3 nitrogen and oxygen atoms in total. The lowest BCUT2D eigenvalue weighted by atomic mass is 9.77. The Kier molecular flexibility index (Phi) is 6.27. The van der Waals surface area contributed by atoms with Gasteiger partial charge < -0.3 is 5.11 Å². The predicted octanol–water partition coefficient (Wildman–Crippen LogP) is 3.61. The fraction of sp³-hybridized carbons (Fsp3) is 0.733. The van der Waals surface area contributed by atoms with Crippen LogP contribution in [-0.4, -0.2) is 15.1 Å². The van der Waals surface area contributed by atoms with Crippen molar-refractivity contribution in [3.8, 4) is 0 Å². The second-order valence-corrected chi connectivity index (χ2v) is 5.27. The maximum Gasteiger partial charge on any atom is 0.153 e. The van der Waals surface area contributed by atoms with E-state index in [1.807, 2.05) is 12.4 Å². The number of aliphatic hydroxyl groups excluding tert-OH is 1. The van der Waals surface area contributed by atoms with Gasteiger partial charge in [-0.05, 0) is 23.8 Å². The third-order valence-electron chi connectivity index (χ3n) is 3.91. The first-order chi connectivity index (χ1) is 8.66. The van der Waals surface area contributed by atoms with E-state index in [0.717, 1.165) is 6.42 Å². The van der Waals surface area contributed by atoms with Crippen molar-refractivity contribution in [1.29, 1.82) is 0 Å². The molecule has 18 heavy (non-hydrogen) atoms. The quantitative estimate of drug-likeness (QED) is 0.717. The Balaban J connectivity index is 2.66. The highest BCUT2D eigenvalue weighted by atomic mass is 16.3. The van der Waals surface area contributed by atoms with E-state index >= 15 is 0 Å². The first-order valence-electron chi connectivity index (χ1n) is 7.08. The third-order valence-corrected chi connectivity index (χ3v) is 3.91. The fourth-order valence-electron chi connectivity index (χ4n) is 2.22. The van der Waals surface area contributed by atoms with E-state index in [0.29, 0.717) is 5.82 Å². The van der Waals surface area contributed by atoms with E-state index in [1.165, 1.54) is 37.7 Å². The molecular formula is C15H26N2O. The Hall–Kier alpha value is -0.960. The summed E-state index contributed by atoms with van der Waals surface area (Å²) in [6.07, 6.45) is 11.2. The molecule has 1 atom stereocenters. The number of aliphatic hydroxyl groups is 1. The van der Waals surface area contributed by atoms with Crippen molar-refractivity contribution in [2.45, 2.75) is 71.3 Å². The van der Waals surface area contributed by atoms with Crippen molar-refractivity contribution in [3.05, 3.63) is 23.8 Å². The molecule has 0 aliphatic heterocycles. The molecule has 1 aromatic heterocycles. The number of aromatic nitrogens is 2. The molecular weight excluding hydrogens is 224 g/mol. The highest BCUT2D eigenvalue weighted by Gasteiger charge is 2.24. The molecule has 1 aromatic rings. The van der Waals surface area contributed by atoms with Crippen LogP contribution in [0.15, 0.2) is 12.4 Å². The zero-order valence-corrected chi connectivity index (χ0v) is 11.9. The summed E-state index contributed by atoms with van der Waals surface area (Å²) >= 11 is 0. The van der Waals surface area contributed by atoms with Gasteiger partial charge in [-0.25, -0.2) is 9.97 Å². The van der Waals surface area contributed by atoms with Crippen LogP contribution >= 0.6 is 0 Å². The summed E-state index contributed by atoms with van der Waals surface area (Å²) in [6.45, 7) is 6.66. The van der Waals surface area contributed by atoms with Gasteiger partial charge in [-0.1, -0.05) is 46.5 Å². The van der Waals surface area contributed by atoms with Crippen molar-refractivity contribution >= 4 is 0 Å². The fourth-order valence-corrected chi connectivity index (χ4v) is 2.22. The van der Waals surface area contributed by atoms with Gasteiger partial charge in [0.25, 0.3) is 0 Å².